The van der Waals surface area contributed by atoms with Crippen molar-refractivity contribution in [3.63, 3.8) is 0 Å². The van der Waals surface area contributed by atoms with Gasteiger partial charge in [-0.15, -0.1) is 5.10 Å². The minimum absolute atomic E-state index is 0.365. The molecule has 1 N–H and O–H groups in total. The van der Waals surface area contributed by atoms with Gasteiger partial charge in [-0.3, -0.25) is 0 Å². The lowest BCUT2D eigenvalue weighted by molar-refractivity contribution is 0.826. The van der Waals surface area contributed by atoms with Crippen molar-refractivity contribution in [2.45, 2.75) is 13.8 Å². The molecule has 0 saturated carbocycles. The molecule has 0 aliphatic carbocycles. The molecule has 0 bridgehead atoms. The molecule has 0 aliphatic rings. The number of rotatable bonds is 5. The largest absolute Gasteiger partial charge is 0.356 e. The molecular weight excluding hydrogens is 297 g/mol. The van der Waals surface area contributed by atoms with Gasteiger partial charge in [-0.25, -0.2) is 0 Å². The molecular formula is C13H15Cl2N5. The third-order valence-corrected chi connectivity index (χ3v) is 3.46. The molecule has 0 fully saturated rings. The quantitative estimate of drug-likeness (QED) is 0.911. The topological polar surface area (TPSA) is 53.9 Å². The Morgan fingerprint density at radius 1 is 1.15 bits per heavy atom. The van der Waals surface area contributed by atoms with Gasteiger partial charge in [0.2, 0.25) is 5.95 Å². The van der Waals surface area contributed by atoms with E-state index in [0.717, 1.165) is 18.9 Å². The molecule has 106 valence electrons. The fourth-order valence-corrected chi connectivity index (χ4v) is 2.27. The Labute approximate surface area is 127 Å². The van der Waals surface area contributed by atoms with Gasteiger partial charge in [0.1, 0.15) is 0 Å². The molecule has 7 heteroatoms. The summed E-state index contributed by atoms with van der Waals surface area (Å²) in [4.78, 5) is 6.49. The van der Waals surface area contributed by atoms with E-state index in [2.05, 4.69) is 39.2 Å². The molecule has 0 radical (unpaired) electrons. The lowest BCUT2D eigenvalue weighted by Gasteiger charge is -2.19. The summed E-state index contributed by atoms with van der Waals surface area (Å²) in [6.07, 6.45) is 1.63. The molecule has 1 aromatic carbocycles. The van der Waals surface area contributed by atoms with Gasteiger partial charge in [0.15, 0.2) is 5.82 Å². The number of aromatic nitrogens is 3. The predicted octanol–water partition coefficient (Wildman–Crippen LogP) is 3.77. The van der Waals surface area contributed by atoms with Crippen LogP contribution in [-0.4, -0.2) is 28.3 Å². The molecule has 2 rings (SSSR count). The van der Waals surface area contributed by atoms with Crippen molar-refractivity contribution in [2.75, 3.05) is 23.3 Å². The van der Waals surface area contributed by atoms with Crippen molar-refractivity contribution in [3.8, 4) is 0 Å². The maximum atomic E-state index is 6.10. The number of hydrogen-bond acceptors (Lipinski definition) is 5. The van der Waals surface area contributed by atoms with Gasteiger partial charge < -0.3 is 10.2 Å². The highest BCUT2D eigenvalue weighted by atomic mass is 35.5. The predicted molar refractivity (Wildman–Crippen MR) is 83.1 cm³/mol. The van der Waals surface area contributed by atoms with Crippen LogP contribution < -0.4 is 10.2 Å². The zero-order valence-corrected chi connectivity index (χ0v) is 12.8. The second-order valence-corrected chi connectivity index (χ2v) is 4.85. The Bertz CT molecular complexity index is 566. The molecule has 0 amide bonds. The zero-order chi connectivity index (χ0) is 14.5. The first kappa shape index (κ1) is 14.8. The highest BCUT2D eigenvalue weighted by Crippen LogP contribution is 2.31. The van der Waals surface area contributed by atoms with Crippen LogP contribution in [-0.2, 0) is 0 Å². The normalized spacial score (nSPS) is 10.4. The molecule has 0 aliphatic heterocycles. The van der Waals surface area contributed by atoms with Crippen LogP contribution in [0.1, 0.15) is 13.8 Å². The summed E-state index contributed by atoms with van der Waals surface area (Å²) in [5, 5.41) is 11.9. The molecule has 1 aromatic heterocycles. The molecule has 0 spiro atoms. The maximum Gasteiger partial charge on any atom is 0.249 e. The van der Waals surface area contributed by atoms with Crippen LogP contribution in [0, 0.1) is 0 Å². The van der Waals surface area contributed by atoms with Crippen molar-refractivity contribution < 1.29 is 0 Å². The summed E-state index contributed by atoms with van der Waals surface area (Å²) >= 11 is 12.2. The Morgan fingerprint density at radius 2 is 1.80 bits per heavy atom. The number of anilines is 3. The lowest BCUT2D eigenvalue weighted by atomic mass is 10.3. The summed E-state index contributed by atoms with van der Waals surface area (Å²) in [6.45, 7) is 5.82. The number of benzene rings is 1. The molecule has 0 atom stereocenters. The van der Waals surface area contributed by atoms with Gasteiger partial charge in [0, 0.05) is 13.1 Å². The van der Waals surface area contributed by atoms with Gasteiger partial charge in [0.25, 0.3) is 0 Å². The Morgan fingerprint density at radius 3 is 2.40 bits per heavy atom. The summed E-state index contributed by atoms with van der Waals surface area (Å²) in [6, 6.07) is 5.27. The van der Waals surface area contributed by atoms with E-state index >= 15 is 0 Å². The molecule has 0 unspecified atom stereocenters. The molecule has 2 aromatic rings. The van der Waals surface area contributed by atoms with E-state index in [-0.39, 0.29) is 0 Å². The van der Waals surface area contributed by atoms with Crippen LogP contribution in [0.5, 0.6) is 0 Å². The van der Waals surface area contributed by atoms with Crippen LogP contribution in [0.2, 0.25) is 10.0 Å². The first-order valence-corrected chi connectivity index (χ1v) is 7.07. The van der Waals surface area contributed by atoms with Crippen molar-refractivity contribution in [3.05, 3.63) is 34.4 Å². The Hall–Kier alpha value is -1.59. The Balaban J connectivity index is 2.28. The third kappa shape index (κ3) is 3.29. The Kier molecular flexibility index (Phi) is 4.98. The van der Waals surface area contributed by atoms with Crippen LogP contribution >= 0.6 is 23.2 Å². The molecule has 20 heavy (non-hydrogen) atoms. The first-order valence-electron chi connectivity index (χ1n) is 6.31. The van der Waals surface area contributed by atoms with E-state index in [9.17, 15) is 0 Å². The molecule has 5 nitrogen and oxygen atoms in total. The van der Waals surface area contributed by atoms with E-state index in [4.69, 9.17) is 23.2 Å². The summed E-state index contributed by atoms with van der Waals surface area (Å²) < 4.78 is 0. The van der Waals surface area contributed by atoms with Crippen molar-refractivity contribution in [1.82, 2.24) is 15.2 Å². The van der Waals surface area contributed by atoms with E-state index in [0.29, 0.717) is 21.7 Å². The summed E-state index contributed by atoms with van der Waals surface area (Å²) in [5.74, 6) is 1.13. The number of nitrogens with one attached hydrogen (secondary N) is 1. The fraction of sp³-hybridized carbons (Fsp3) is 0.308. The van der Waals surface area contributed by atoms with Gasteiger partial charge in [-0.1, -0.05) is 29.3 Å². The van der Waals surface area contributed by atoms with Crippen molar-refractivity contribution in [1.29, 1.82) is 0 Å². The lowest BCUT2D eigenvalue weighted by Crippen LogP contribution is -2.23. The highest BCUT2D eigenvalue weighted by Gasteiger charge is 2.10. The second kappa shape index (κ2) is 6.72. The molecule has 0 saturated heterocycles. The van der Waals surface area contributed by atoms with Gasteiger partial charge in [-0.05, 0) is 26.0 Å². The van der Waals surface area contributed by atoms with E-state index < -0.39 is 0 Å². The number of nitrogens with zero attached hydrogens (tertiary/aromatic N) is 4. The third-order valence-electron chi connectivity index (χ3n) is 2.83. The maximum absolute atomic E-state index is 6.10. The monoisotopic (exact) mass is 311 g/mol. The van der Waals surface area contributed by atoms with Crippen molar-refractivity contribution in [2.24, 2.45) is 0 Å². The van der Waals surface area contributed by atoms with Crippen LogP contribution in [0.3, 0.4) is 0 Å². The van der Waals surface area contributed by atoms with E-state index in [1.165, 1.54) is 0 Å². The first-order chi connectivity index (χ1) is 9.65. The number of para-hydroxylation sites is 1. The standard InChI is InChI=1S/C13H15Cl2N5/c1-3-20(4-2)11-8-16-19-13(17-11)18-12-9(14)6-5-7-10(12)15/h5-8H,3-4H2,1-2H3,(H,17,18,19). The van der Waals surface area contributed by atoms with Crippen LogP contribution in [0.15, 0.2) is 24.4 Å². The summed E-state index contributed by atoms with van der Waals surface area (Å²) in [7, 11) is 0. The van der Waals surface area contributed by atoms with Crippen molar-refractivity contribution >= 4 is 40.7 Å². The summed E-state index contributed by atoms with van der Waals surface area (Å²) in [5.41, 5.74) is 0.578. The van der Waals surface area contributed by atoms with Crippen LogP contribution in [0.25, 0.3) is 0 Å². The number of hydrogen-bond donors (Lipinski definition) is 1. The zero-order valence-electron chi connectivity index (χ0n) is 11.3. The molecule has 1 heterocycles. The average molecular weight is 312 g/mol. The second-order valence-electron chi connectivity index (χ2n) is 4.03. The van der Waals surface area contributed by atoms with Gasteiger partial charge >= 0.3 is 0 Å². The number of halogens is 2. The average Bonchev–Trinajstić information content (AvgIpc) is 2.45. The highest BCUT2D eigenvalue weighted by molar-refractivity contribution is 6.39. The smallest absolute Gasteiger partial charge is 0.249 e. The fourth-order valence-electron chi connectivity index (χ4n) is 1.78. The minimum atomic E-state index is 0.365. The SMILES string of the molecule is CCN(CC)c1cnnc(Nc2c(Cl)cccc2Cl)n1. The van der Waals surface area contributed by atoms with Gasteiger partial charge in [-0.2, -0.15) is 10.1 Å². The van der Waals surface area contributed by atoms with Gasteiger partial charge in [0.05, 0.1) is 21.9 Å². The van der Waals surface area contributed by atoms with E-state index in [1.807, 2.05) is 0 Å². The van der Waals surface area contributed by atoms with E-state index in [1.54, 1.807) is 24.4 Å². The minimum Gasteiger partial charge on any atom is -0.356 e. The van der Waals surface area contributed by atoms with Crippen LogP contribution in [0.4, 0.5) is 17.5 Å².